The van der Waals surface area contributed by atoms with Crippen LogP contribution in [-0.4, -0.2) is 34.8 Å². The van der Waals surface area contributed by atoms with E-state index in [2.05, 4.69) is 55.2 Å². The number of nitrogens with one attached hydrogen (secondary N) is 1. The molecule has 1 aromatic carbocycles. The van der Waals surface area contributed by atoms with Crippen LogP contribution in [0.3, 0.4) is 0 Å². The third-order valence-corrected chi connectivity index (χ3v) is 5.24. The zero-order valence-corrected chi connectivity index (χ0v) is 13.5. The molecule has 1 saturated heterocycles. The van der Waals surface area contributed by atoms with E-state index in [9.17, 15) is 0 Å². The summed E-state index contributed by atoms with van der Waals surface area (Å²) in [7, 11) is 2.26. The van der Waals surface area contributed by atoms with Crippen LogP contribution in [0, 0.1) is 0 Å². The van der Waals surface area contributed by atoms with Gasteiger partial charge in [0.05, 0.1) is 0 Å². The molecule has 1 atom stereocenters. The molecule has 20 heavy (non-hydrogen) atoms. The average Bonchev–Trinajstić information content (AvgIpc) is 2.97. The summed E-state index contributed by atoms with van der Waals surface area (Å²) in [5, 5.41) is 2.05. The van der Waals surface area contributed by atoms with Gasteiger partial charge < -0.3 is 9.88 Å². The van der Waals surface area contributed by atoms with Gasteiger partial charge in [-0.3, -0.25) is 0 Å². The standard InChI is InChI=1S/C17H24N2S/c1-12(2)20-15-6-7-17-16(10-15)13(11-18-17)9-14-5-4-8-19(14)3/h6-7,10-12,14,18H,4-5,8-9H2,1-3H3/t14-/m1/s1. The predicted octanol–water partition coefficient (Wildman–Crippen LogP) is 4.31. The van der Waals surface area contributed by atoms with Gasteiger partial charge in [-0.25, -0.2) is 0 Å². The second-order valence-electron chi connectivity index (χ2n) is 6.17. The minimum Gasteiger partial charge on any atom is -0.361 e. The maximum Gasteiger partial charge on any atom is 0.0457 e. The molecule has 1 aromatic heterocycles. The van der Waals surface area contributed by atoms with Crippen molar-refractivity contribution in [1.29, 1.82) is 0 Å². The molecule has 1 aliphatic rings. The van der Waals surface area contributed by atoms with Crippen LogP contribution in [0.1, 0.15) is 32.3 Å². The molecule has 108 valence electrons. The molecule has 3 heteroatoms. The molecule has 1 fully saturated rings. The summed E-state index contributed by atoms with van der Waals surface area (Å²) in [5.41, 5.74) is 2.75. The smallest absolute Gasteiger partial charge is 0.0457 e. The fourth-order valence-electron chi connectivity index (χ4n) is 3.16. The molecule has 0 amide bonds. The van der Waals surface area contributed by atoms with Gasteiger partial charge in [-0.05, 0) is 56.6 Å². The van der Waals surface area contributed by atoms with Crippen molar-refractivity contribution in [1.82, 2.24) is 9.88 Å². The Bertz CT molecular complexity index is 588. The van der Waals surface area contributed by atoms with Crippen LogP contribution < -0.4 is 0 Å². The van der Waals surface area contributed by atoms with Crippen LogP contribution in [0.25, 0.3) is 10.9 Å². The maximum atomic E-state index is 3.43. The van der Waals surface area contributed by atoms with E-state index in [-0.39, 0.29) is 0 Å². The molecule has 2 nitrogen and oxygen atoms in total. The van der Waals surface area contributed by atoms with Gasteiger partial charge in [0.25, 0.3) is 0 Å². The largest absolute Gasteiger partial charge is 0.361 e. The highest BCUT2D eigenvalue weighted by molar-refractivity contribution is 7.99. The molecule has 0 radical (unpaired) electrons. The van der Waals surface area contributed by atoms with Crippen molar-refractivity contribution in [2.75, 3.05) is 13.6 Å². The van der Waals surface area contributed by atoms with E-state index in [1.54, 1.807) is 0 Å². The van der Waals surface area contributed by atoms with Crippen LogP contribution in [0.5, 0.6) is 0 Å². The minimum atomic E-state index is 0.635. The number of aromatic nitrogens is 1. The lowest BCUT2D eigenvalue weighted by Gasteiger charge is -2.18. The topological polar surface area (TPSA) is 19.0 Å². The van der Waals surface area contributed by atoms with E-state index in [1.807, 2.05) is 11.8 Å². The van der Waals surface area contributed by atoms with E-state index in [1.165, 1.54) is 47.2 Å². The summed E-state index contributed by atoms with van der Waals surface area (Å²) in [6.07, 6.45) is 6.06. The number of H-pyrrole nitrogens is 1. The van der Waals surface area contributed by atoms with Gasteiger partial charge in [-0.1, -0.05) is 13.8 Å². The molecule has 2 heterocycles. The number of likely N-dealkylation sites (N-methyl/N-ethyl adjacent to an activating group) is 1. The molecule has 0 saturated carbocycles. The lowest BCUT2D eigenvalue weighted by Crippen LogP contribution is -2.26. The van der Waals surface area contributed by atoms with Crippen molar-refractivity contribution in [2.24, 2.45) is 0 Å². The molecule has 3 rings (SSSR count). The van der Waals surface area contributed by atoms with Crippen molar-refractivity contribution < 1.29 is 0 Å². The summed E-state index contributed by atoms with van der Waals surface area (Å²) in [5.74, 6) is 0. The number of fused-ring (bicyclic) bond motifs is 1. The molecule has 1 aliphatic heterocycles. The fourth-order valence-corrected chi connectivity index (χ4v) is 4.04. The highest BCUT2D eigenvalue weighted by atomic mass is 32.2. The molecule has 0 unspecified atom stereocenters. The number of nitrogens with zero attached hydrogens (tertiary/aromatic N) is 1. The summed E-state index contributed by atoms with van der Waals surface area (Å²) in [6.45, 7) is 5.75. The summed E-state index contributed by atoms with van der Waals surface area (Å²) in [4.78, 5) is 7.32. The van der Waals surface area contributed by atoms with Gasteiger partial charge >= 0.3 is 0 Å². The molecule has 0 aliphatic carbocycles. The number of thioether (sulfide) groups is 1. The van der Waals surface area contributed by atoms with Crippen molar-refractivity contribution >= 4 is 22.7 Å². The lowest BCUT2D eigenvalue weighted by atomic mass is 10.0. The minimum absolute atomic E-state index is 0.635. The van der Waals surface area contributed by atoms with Crippen LogP contribution in [0.15, 0.2) is 29.3 Å². The molecule has 2 aromatic rings. The molecular weight excluding hydrogens is 264 g/mol. The van der Waals surface area contributed by atoms with Gasteiger partial charge in [-0.2, -0.15) is 0 Å². The first kappa shape index (κ1) is 14.0. The molecule has 0 spiro atoms. The number of rotatable bonds is 4. The van der Waals surface area contributed by atoms with E-state index >= 15 is 0 Å². The van der Waals surface area contributed by atoms with Crippen LogP contribution >= 0.6 is 11.8 Å². The number of benzene rings is 1. The van der Waals surface area contributed by atoms with Gasteiger partial charge in [0.2, 0.25) is 0 Å². The summed E-state index contributed by atoms with van der Waals surface area (Å²) >= 11 is 1.94. The third-order valence-electron chi connectivity index (χ3n) is 4.24. The number of aromatic amines is 1. The first-order valence-electron chi connectivity index (χ1n) is 7.60. The highest BCUT2D eigenvalue weighted by Gasteiger charge is 2.22. The Hall–Kier alpha value is -0.930. The lowest BCUT2D eigenvalue weighted by molar-refractivity contribution is 0.310. The van der Waals surface area contributed by atoms with E-state index in [0.717, 1.165) is 6.04 Å². The van der Waals surface area contributed by atoms with Crippen LogP contribution in [-0.2, 0) is 6.42 Å². The second kappa shape index (κ2) is 5.82. The monoisotopic (exact) mass is 288 g/mol. The quantitative estimate of drug-likeness (QED) is 0.846. The Morgan fingerprint density at radius 1 is 1.40 bits per heavy atom. The SMILES string of the molecule is CC(C)Sc1ccc2[nH]cc(C[C@H]3CCCN3C)c2c1. The first-order chi connectivity index (χ1) is 9.63. The maximum absolute atomic E-state index is 3.43. The van der Waals surface area contributed by atoms with E-state index < -0.39 is 0 Å². The Morgan fingerprint density at radius 3 is 2.95 bits per heavy atom. The highest BCUT2D eigenvalue weighted by Crippen LogP contribution is 2.30. The Morgan fingerprint density at radius 2 is 2.25 bits per heavy atom. The zero-order chi connectivity index (χ0) is 14.1. The van der Waals surface area contributed by atoms with Crippen molar-refractivity contribution in [3.63, 3.8) is 0 Å². The Kier molecular flexibility index (Phi) is 4.08. The molecule has 0 bridgehead atoms. The predicted molar refractivity (Wildman–Crippen MR) is 88.6 cm³/mol. The average molecular weight is 288 g/mol. The van der Waals surface area contributed by atoms with E-state index in [4.69, 9.17) is 0 Å². The number of hydrogen-bond donors (Lipinski definition) is 1. The first-order valence-corrected chi connectivity index (χ1v) is 8.48. The number of hydrogen-bond acceptors (Lipinski definition) is 2. The van der Waals surface area contributed by atoms with Crippen LogP contribution in [0.2, 0.25) is 0 Å². The number of likely N-dealkylation sites (tertiary alicyclic amines) is 1. The summed E-state index contributed by atoms with van der Waals surface area (Å²) < 4.78 is 0. The third kappa shape index (κ3) is 2.89. The van der Waals surface area contributed by atoms with Gasteiger partial charge in [0.1, 0.15) is 0 Å². The van der Waals surface area contributed by atoms with Gasteiger partial charge in [0, 0.05) is 33.3 Å². The Balaban J connectivity index is 1.86. The molecule has 1 N–H and O–H groups in total. The van der Waals surface area contributed by atoms with Crippen molar-refractivity contribution in [2.45, 2.75) is 49.3 Å². The van der Waals surface area contributed by atoms with E-state index in [0.29, 0.717) is 5.25 Å². The Labute approximate surface area is 125 Å². The zero-order valence-electron chi connectivity index (χ0n) is 12.6. The second-order valence-corrected chi connectivity index (χ2v) is 7.82. The fraction of sp³-hybridized carbons (Fsp3) is 0.529. The van der Waals surface area contributed by atoms with Crippen LogP contribution in [0.4, 0.5) is 0 Å². The summed E-state index contributed by atoms with van der Waals surface area (Å²) in [6, 6.07) is 7.54. The molecular formula is C17H24N2S. The normalized spacial score (nSPS) is 20.3. The van der Waals surface area contributed by atoms with Gasteiger partial charge in [-0.15, -0.1) is 11.8 Å². The van der Waals surface area contributed by atoms with Crippen molar-refractivity contribution in [3.05, 3.63) is 30.0 Å². The van der Waals surface area contributed by atoms with Gasteiger partial charge in [0.15, 0.2) is 0 Å². The van der Waals surface area contributed by atoms with Crippen molar-refractivity contribution in [3.8, 4) is 0 Å².